The van der Waals surface area contributed by atoms with Gasteiger partial charge in [0.15, 0.2) is 0 Å². The predicted molar refractivity (Wildman–Crippen MR) is 71.9 cm³/mol. The summed E-state index contributed by atoms with van der Waals surface area (Å²) in [6.07, 6.45) is 9.87. The number of likely N-dealkylation sites (N-methyl/N-ethyl adjacent to an activating group) is 1. The van der Waals surface area contributed by atoms with Crippen LogP contribution < -0.4 is 0 Å². The molecule has 1 aliphatic heterocycles. The van der Waals surface area contributed by atoms with Crippen LogP contribution in [0.25, 0.3) is 0 Å². The first-order valence-electron chi connectivity index (χ1n) is 7.24. The fraction of sp³-hybridized carbons (Fsp3) is 1.00. The summed E-state index contributed by atoms with van der Waals surface area (Å²) in [6, 6.07) is 0. The van der Waals surface area contributed by atoms with Crippen LogP contribution in [0.4, 0.5) is 0 Å². The van der Waals surface area contributed by atoms with Crippen molar-refractivity contribution in [3.8, 4) is 0 Å². The fourth-order valence-electron chi connectivity index (χ4n) is 2.44. The molecule has 1 aliphatic rings. The monoisotopic (exact) mass is 226 g/mol. The van der Waals surface area contributed by atoms with Crippen molar-refractivity contribution in [3.63, 3.8) is 0 Å². The summed E-state index contributed by atoms with van der Waals surface area (Å²) >= 11 is 0. The molecule has 0 unspecified atom stereocenters. The first-order chi connectivity index (χ1) is 7.83. The maximum atomic E-state index is 2.66. The molecule has 2 nitrogen and oxygen atoms in total. The third kappa shape index (κ3) is 6.49. The van der Waals surface area contributed by atoms with E-state index >= 15 is 0 Å². The molecular formula is C14H30N2. The van der Waals surface area contributed by atoms with Crippen molar-refractivity contribution in [2.24, 2.45) is 0 Å². The van der Waals surface area contributed by atoms with E-state index in [4.69, 9.17) is 0 Å². The second-order valence-corrected chi connectivity index (χ2v) is 5.27. The third-order valence-corrected chi connectivity index (χ3v) is 3.64. The second-order valence-electron chi connectivity index (χ2n) is 5.27. The quantitative estimate of drug-likeness (QED) is 0.616. The molecular weight excluding hydrogens is 196 g/mol. The van der Waals surface area contributed by atoms with E-state index < -0.39 is 0 Å². The largest absolute Gasteiger partial charge is 0.305 e. The molecule has 0 aliphatic carbocycles. The van der Waals surface area contributed by atoms with E-state index in [9.17, 15) is 0 Å². The van der Waals surface area contributed by atoms with E-state index in [0.29, 0.717) is 0 Å². The number of rotatable bonds is 7. The number of hydrogen-bond acceptors (Lipinski definition) is 2. The highest BCUT2D eigenvalue weighted by atomic mass is 15.2. The summed E-state index contributed by atoms with van der Waals surface area (Å²) in [5.41, 5.74) is 0. The lowest BCUT2D eigenvalue weighted by Gasteiger charge is -2.19. The van der Waals surface area contributed by atoms with Gasteiger partial charge in [-0.1, -0.05) is 39.0 Å². The maximum absolute atomic E-state index is 2.66. The Morgan fingerprint density at radius 1 is 0.812 bits per heavy atom. The third-order valence-electron chi connectivity index (χ3n) is 3.64. The van der Waals surface area contributed by atoms with Crippen LogP contribution in [0.1, 0.15) is 51.9 Å². The predicted octanol–water partition coefficient (Wildman–Crippen LogP) is 2.98. The van der Waals surface area contributed by atoms with E-state index in [0.717, 1.165) is 0 Å². The van der Waals surface area contributed by atoms with Gasteiger partial charge in [0.05, 0.1) is 0 Å². The summed E-state index contributed by atoms with van der Waals surface area (Å²) in [7, 11) is 2.24. The van der Waals surface area contributed by atoms with E-state index in [1.54, 1.807) is 0 Å². The summed E-state index contributed by atoms with van der Waals surface area (Å²) in [5.74, 6) is 0. The molecule has 0 spiro atoms. The molecule has 16 heavy (non-hydrogen) atoms. The lowest BCUT2D eigenvalue weighted by molar-refractivity contribution is 0.270. The highest BCUT2D eigenvalue weighted by molar-refractivity contribution is 4.67. The minimum atomic E-state index is 1.26. The first-order valence-corrected chi connectivity index (χ1v) is 7.24. The smallest absolute Gasteiger partial charge is 0.0109 e. The van der Waals surface area contributed by atoms with Gasteiger partial charge in [0.2, 0.25) is 0 Å². The Bertz CT molecular complexity index is 159. The first kappa shape index (κ1) is 14.0. The minimum absolute atomic E-state index is 1.26. The average Bonchev–Trinajstić information content (AvgIpc) is 2.49. The standard InChI is InChI=1S/C14H30N2/c1-3-4-5-6-7-8-11-16-12-9-10-15(2)13-14-16/h3-14H2,1-2H3. The summed E-state index contributed by atoms with van der Waals surface area (Å²) in [4.78, 5) is 5.12. The van der Waals surface area contributed by atoms with Crippen molar-refractivity contribution in [2.75, 3.05) is 39.8 Å². The van der Waals surface area contributed by atoms with Crippen molar-refractivity contribution >= 4 is 0 Å². The molecule has 1 heterocycles. The highest BCUT2D eigenvalue weighted by Gasteiger charge is 2.10. The minimum Gasteiger partial charge on any atom is -0.305 e. The van der Waals surface area contributed by atoms with Crippen LogP contribution in [0.2, 0.25) is 0 Å². The molecule has 0 amide bonds. The Morgan fingerprint density at radius 2 is 1.56 bits per heavy atom. The lowest BCUT2D eigenvalue weighted by Crippen LogP contribution is -2.29. The van der Waals surface area contributed by atoms with Crippen LogP contribution in [-0.2, 0) is 0 Å². The molecule has 1 fully saturated rings. The topological polar surface area (TPSA) is 6.48 Å². The SMILES string of the molecule is CCCCCCCCN1CCCN(C)CC1. The maximum Gasteiger partial charge on any atom is 0.0109 e. The number of hydrogen-bond donors (Lipinski definition) is 0. The lowest BCUT2D eigenvalue weighted by atomic mass is 10.1. The van der Waals surface area contributed by atoms with Crippen molar-refractivity contribution in [1.82, 2.24) is 9.80 Å². The Morgan fingerprint density at radius 3 is 2.38 bits per heavy atom. The Kier molecular flexibility index (Phi) is 7.87. The van der Waals surface area contributed by atoms with Crippen LogP contribution >= 0.6 is 0 Å². The summed E-state index contributed by atoms with van der Waals surface area (Å²) in [6.45, 7) is 8.77. The molecule has 96 valence electrons. The normalized spacial score (nSPS) is 19.9. The molecule has 0 aromatic rings. The zero-order valence-electron chi connectivity index (χ0n) is 11.4. The van der Waals surface area contributed by atoms with Crippen molar-refractivity contribution in [3.05, 3.63) is 0 Å². The molecule has 1 rings (SSSR count). The van der Waals surface area contributed by atoms with E-state index in [-0.39, 0.29) is 0 Å². The van der Waals surface area contributed by atoms with Crippen molar-refractivity contribution in [1.29, 1.82) is 0 Å². The van der Waals surface area contributed by atoms with Gasteiger partial charge in [0.25, 0.3) is 0 Å². The molecule has 0 radical (unpaired) electrons. The molecule has 0 atom stereocenters. The fourth-order valence-corrected chi connectivity index (χ4v) is 2.44. The Labute approximate surface area is 102 Å². The second kappa shape index (κ2) is 9.00. The van der Waals surface area contributed by atoms with Gasteiger partial charge in [0, 0.05) is 13.1 Å². The number of unbranched alkanes of at least 4 members (excludes halogenated alkanes) is 5. The van der Waals surface area contributed by atoms with Crippen LogP contribution in [0, 0.1) is 0 Å². The number of nitrogens with zero attached hydrogens (tertiary/aromatic N) is 2. The van der Waals surface area contributed by atoms with Gasteiger partial charge in [-0.2, -0.15) is 0 Å². The van der Waals surface area contributed by atoms with Crippen LogP contribution in [0.3, 0.4) is 0 Å². The van der Waals surface area contributed by atoms with Gasteiger partial charge in [0.1, 0.15) is 0 Å². The Balaban J connectivity index is 1.95. The van der Waals surface area contributed by atoms with Gasteiger partial charge in [-0.15, -0.1) is 0 Å². The molecule has 0 aromatic heterocycles. The molecule has 0 N–H and O–H groups in total. The van der Waals surface area contributed by atoms with E-state index in [1.165, 1.54) is 77.7 Å². The Hall–Kier alpha value is -0.0800. The molecule has 1 saturated heterocycles. The molecule has 0 bridgehead atoms. The zero-order chi connectivity index (χ0) is 11.6. The van der Waals surface area contributed by atoms with Gasteiger partial charge in [-0.05, 0) is 39.5 Å². The molecule has 2 heteroatoms. The van der Waals surface area contributed by atoms with Gasteiger partial charge in [-0.25, -0.2) is 0 Å². The van der Waals surface area contributed by atoms with Crippen LogP contribution in [-0.4, -0.2) is 49.6 Å². The van der Waals surface area contributed by atoms with Crippen molar-refractivity contribution < 1.29 is 0 Å². The zero-order valence-corrected chi connectivity index (χ0v) is 11.4. The van der Waals surface area contributed by atoms with Gasteiger partial charge < -0.3 is 9.80 Å². The van der Waals surface area contributed by atoms with Crippen LogP contribution in [0.5, 0.6) is 0 Å². The van der Waals surface area contributed by atoms with Crippen molar-refractivity contribution in [2.45, 2.75) is 51.9 Å². The van der Waals surface area contributed by atoms with Crippen LogP contribution in [0.15, 0.2) is 0 Å². The summed E-state index contributed by atoms with van der Waals surface area (Å²) in [5, 5.41) is 0. The molecule has 0 saturated carbocycles. The summed E-state index contributed by atoms with van der Waals surface area (Å²) < 4.78 is 0. The van der Waals surface area contributed by atoms with E-state index in [1.807, 2.05) is 0 Å². The van der Waals surface area contributed by atoms with Gasteiger partial charge in [-0.3, -0.25) is 0 Å². The average molecular weight is 226 g/mol. The van der Waals surface area contributed by atoms with Gasteiger partial charge >= 0.3 is 0 Å². The highest BCUT2D eigenvalue weighted by Crippen LogP contribution is 2.07. The molecule has 0 aromatic carbocycles. The van der Waals surface area contributed by atoms with E-state index in [2.05, 4.69) is 23.8 Å².